The van der Waals surface area contributed by atoms with Crippen molar-refractivity contribution in [3.63, 3.8) is 0 Å². The summed E-state index contributed by atoms with van der Waals surface area (Å²) in [4.78, 5) is 0. The average molecular weight is 851 g/mol. The van der Waals surface area contributed by atoms with E-state index in [1.54, 1.807) is 39.0 Å². The van der Waals surface area contributed by atoms with Crippen LogP contribution in [0.25, 0.3) is 16.7 Å². The lowest BCUT2D eigenvalue weighted by Crippen LogP contribution is -2.28. The summed E-state index contributed by atoms with van der Waals surface area (Å²) >= 11 is 7.92. The molecule has 0 heterocycles. The van der Waals surface area contributed by atoms with E-state index in [9.17, 15) is 0 Å². The van der Waals surface area contributed by atoms with Crippen LogP contribution >= 0.6 is 31.9 Å². The molecular weight excluding hydrogens is 772 g/mol. The summed E-state index contributed by atoms with van der Waals surface area (Å²) in [5.74, 6) is 0. The molecule has 53 heavy (non-hydrogen) atoms. The summed E-state index contributed by atoms with van der Waals surface area (Å²) in [6, 6.07) is 12.9. The highest BCUT2D eigenvalue weighted by atomic mass is 79.9. The first-order valence-electron chi connectivity index (χ1n) is 22.8. The van der Waals surface area contributed by atoms with Crippen molar-refractivity contribution in [1.82, 2.24) is 0 Å². The SMILES string of the molecule is CCCCCCCCC1(CCCCCCC)C(C=C(C)Br)=C(C)c2cc3c(cc21)-c1ccc(Br)cc1C3(CCCCCCCC)CCCCCCCC. The number of halogens is 2. The molecule has 0 aromatic heterocycles. The number of hydrogen-bond donors (Lipinski definition) is 0. The molecule has 0 saturated carbocycles. The van der Waals surface area contributed by atoms with Crippen LogP contribution in [0.1, 0.15) is 237 Å². The standard InChI is InChI=1S/C51H78Br2/c1-7-11-15-19-23-27-33-50(32-26-22-18-14-10-4)46(36-40(5)52)41(6)44-38-49-45(39-48(44)50)43-31-30-42(53)37-47(43)51(49,34-28-24-20-16-12-8-2)35-29-25-21-17-13-9-3/h30-31,36-39H,7-29,32-35H2,1-6H3. The molecule has 0 aliphatic heterocycles. The number of allylic oxidation sites excluding steroid dienone is 4. The summed E-state index contributed by atoms with van der Waals surface area (Å²) in [7, 11) is 0. The highest BCUT2D eigenvalue weighted by molar-refractivity contribution is 9.11. The smallest absolute Gasteiger partial charge is 0.0215 e. The van der Waals surface area contributed by atoms with Gasteiger partial charge in [0, 0.05) is 15.3 Å². The van der Waals surface area contributed by atoms with Gasteiger partial charge in [-0.1, -0.05) is 213 Å². The molecule has 0 nitrogen and oxygen atoms in total. The van der Waals surface area contributed by atoms with E-state index in [4.69, 9.17) is 0 Å². The van der Waals surface area contributed by atoms with Gasteiger partial charge in [0.05, 0.1) is 0 Å². The van der Waals surface area contributed by atoms with Crippen molar-refractivity contribution in [2.45, 2.75) is 226 Å². The van der Waals surface area contributed by atoms with Gasteiger partial charge < -0.3 is 0 Å². The van der Waals surface area contributed by atoms with E-state index in [0.717, 1.165) is 0 Å². The second-order valence-electron chi connectivity index (χ2n) is 17.3. The summed E-state index contributed by atoms with van der Waals surface area (Å²) < 4.78 is 2.51. The second kappa shape index (κ2) is 23.2. The molecule has 1 atom stereocenters. The zero-order chi connectivity index (χ0) is 38.1. The number of benzene rings is 2. The van der Waals surface area contributed by atoms with Crippen LogP contribution in [-0.2, 0) is 10.8 Å². The van der Waals surface area contributed by atoms with E-state index in [1.807, 2.05) is 0 Å². The van der Waals surface area contributed by atoms with Crippen LogP contribution in [0, 0.1) is 0 Å². The maximum absolute atomic E-state index is 3.97. The monoisotopic (exact) mass is 848 g/mol. The Hall–Kier alpha value is -1.12. The van der Waals surface area contributed by atoms with Gasteiger partial charge in [-0.2, -0.15) is 0 Å². The molecule has 0 N–H and O–H groups in total. The molecule has 1 unspecified atom stereocenters. The Morgan fingerprint density at radius 2 is 0.868 bits per heavy atom. The third-order valence-corrected chi connectivity index (χ3v) is 13.9. The van der Waals surface area contributed by atoms with Crippen molar-refractivity contribution in [3.05, 3.63) is 73.2 Å². The normalized spacial score (nSPS) is 17.5. The molecule has 0 spiro atoms. The Balaban J connectivity index is 1.84. The third-order valence-electron chi connectivity index (χ3n) is 13.2. The maximum Gasteiger partial charge on any atom is 0.0215 e. The van der Waals surface area contributed by atoms with Crippen LogP contribution in [0.5, 0.6) is 0 Å². The van der Waals surface area contributed by atoms with E-state index in [2.05, 4.69) is 110 Å². The zero-order valence-corrected chi connectivity index (χ0v) is 38.5. The summed E-state index contributed by atoms with van der Waals surface area (Å²) in [5, 5.41) is 0. The number of rotatable bonds is 28. The largest absolute Gasteiger partial charge is 0.0654 e. The first-order chi connectivity index (χ1) is 25.8. The van der Waals surface area contributed by atoms with Gasteiger partial charge in [-0.05, 0) is 119 Å². The predicted octanol–water partition coefficient (Wildman–Crippen LogP) is 18.7. The molecule has 296 valence electrons. The Labute approximate surface area is 345 Å². The molecule has 0 amide bonds. The lowest BCUT2D eigenvalue weighted by Gasteiger charge is -2.35. The van der Waals surface area contributed by atoms with Crippen molar-refractivity contribution in [1.29, 1.82) is 0 Å². The molecule has 4 rings (SSSR count). The van der Waals surface area contributed by atoms with Crippen molar-refractivity contribution in [2.24, 2.45) is 0 Å². The van der Waals surface area contributed by atoms with Gasteiger partial charge in [-0.3, -0.25) is 0 Å². The van der Waals surface area contributed by atoms with Crippen LogP contribution in [0.3, 0.4) is 0 Å². The Morgan fingerprint density at radius 3 is 1.32 bits per heavy atom. The van der Waals surface area contributed by atoms with Crippen molar-refractivity contribution in [2.75, 3.05) is 0 Å². The molecule has 0 bridgehead atoms. The topological polar surface area (TPSA) is 0 Å². The lowest BCUT2D eigenvalue weighted by atomic mass is 9.68. The molecule has 0 saturated heterocycles. The van der Waals surface area contributed by atoms with Gasteiger partial charge in [-0.25, -0.2) is 0 Å². The lowest BCUT2D eigenvalue weighted by molar-refractivity contribution is 0.392. The van der Waals surface area contributed by atoms with Gasteiger partial charge >= 0.3 is 0 Å². The maximum atomic E-state index is 3.97. The Bertz CT molecular complexity index is 1440. The van der Waals surface area contributed by atoms with E-state index in [0.29, 0.717) is 0 Å². The molecule has 2 heteroatoms. The predicted molar refractivity (Wildman–Crippen MR) is 245 cm³/mol. The molecule has 2 aromatic carbocycles. The average Bonchev–Trinajstić information content (AvgIpc) is 3.52. The molecule has 2 aliphatic carbocycles. The highest BCUT2D eigenvalue weighted by Gasteiger charge is 2.47. The fraction of sp³-hybridized carbons (Fsp3) is 0.686. The number of unbranched alkanes of at least 4 members (excludes halogenated alkanes) is 19. The van der Waals surface area contributed by atoms with Crippen molar-refractivity contribution in [3.8, 4) is 11.1 Å². The van der Waals surface area contributed by atoms with E-state index < -0.39 is 0 Å². The Morgan fingerprint density at radius 1 is 0.491 bits per heavy atom. The van der Waals surface area contributed by atoms with E-state index >= 15 is 0 Å². The van der Waals surface area contributed by atoms with Gasteiger partial charge in [0.25, 0.3) is 0 Å². The van der Waals surface area contributed by atoms with Gasteiger partial charge in [-0.15, -0.1) is 0 Å². The summed E-state index contributed by atoms with van der Waals surface area (Å²) in [5.41, 5.74) is 13.0. The second-order valence-corrected chi connectivity index (χ2v) is 19.5. The third kappa shape index (κ3) is 11.5. The van der Waals surface area contributed by atoms with Gasteiger partial charge in [0.2, 0.25) is 0 Å². The Kier molecular flexibility index (Phi) is 19.5. The number of fused-ring (bicyclic) bond motifs is 4. The zero-order valence-electron chi connectivity index (χ0n) is 35.3. The van der Waals surface area contributed by atoms with Crippen molar-refractivity contribution < 1.29 is 0 Å². The number of hydrogen-bond acceptors (Lipinski definition) is 0. The fourth-order valence-electron chi connectivity index (χ4n) is 10.3. The molecular formula is C51H78Br2. The van der Waals surface area contributed by atoms with Crippen LogP contribution in [0.2, 0.25) is 0 Å². The summed E-state index contributed by atoms with van der Waals surface area (Å²) in [6.45, 7) is 14.1. The van der Waals surface area contributed by atoms with Crippen LogP contribution < -0.4 is 0 Å². The van der Waals surface area contributed by atoms with E-state index in [1.165, 1.54) is 188 Å². The molecule has 2 aliphatic rings. The van der Waals surface area contributed by atoms with Gasteiger partial charge in [0.1, 0.15) is 0 Å². The van der Waals surface area contributed by atoms with Crippen LogP contribution in [0.15, 0.2) is 50.9 Å². The van der Waals surface area contributed by atoms with Crippen LogP contribution in [0.4, 0.5) is 0 Å². The van der Waals surface area contributed by atoms with E-state index in [-0.39, 0.29) is 10.8 Å². The first-order valence-corrected chi connectivity index (χ1v) is 24.4. The fourth-order valence-corrected chi connectivity index (χ4v) is 10.9. The molecule has 2 aromatic rings. The minimum absolute atomic E-state index is 0.0970. The molecule has 0 fully saturated rings. The van der Waals surface area contributed by atoms with Gasteiger partial charge in [0.15, 0.2) is 0 Å². The minimum atomic E-state index is 0.0970. The van der Waals surface area contributed by atoms with Crippen molar-refractivity contribution >= 4 is 37.4 Å². The minimum Gasteiger partial charge on any atom is -0.0654 e. The molecule has 0 radical (unpaired) electrons. The quantitative estimate of drug-likeness (QED) is 0.0748. The van der Waals surface area contributed by atoms with Crippen LogP contribution in [-0.4, -0.2) is 0 Å². The first kappa shape index (κ1) is 44.6. The summed E-state index contributed by atoms with van der Waals surface area (Å²) in [6.07, 6.45) is 38.8. The highest BCUT2D eigenvalue weighted by Crippen LogP contribution is 2.60.